The summed E-state index contributed by atoms with van der Waals surface area (Å²) in [6, 6.07) is 16.9. The minimum absolute atomic E-state index is 0.0676. The van der Waals surface area contributed by atoms with Crippen molar-refractivity contribution in [2.24, 2.45) is 0 Å². The number of amides is 1. The summed E-state index contributed by atoms with van der Waals surface area (Å²) in [5.74, 6) is 0.997. The molecular weight excluding hydrogens is 454 g/mol. The summed E-state index contributed by atoms with van der Waals surface area (Å²) in [4.78, 5) is 21.5. The van der Waals surface area contributed by atoms with Crippen molar-refractivity contribution >= 4 is 5.91 Å². The van der Waals surface area contributed by atoms with Gasteiger partial charge in [-0.2, -0.15) is 5.10 Å². The smallest absolute Gasteiger partial charge is 0.244 e. The number of fused-ring (bicyclic) bond motifs is 1. The Bertz CT molecular complexity index is 1060. The Kier molecular flexibility index (Phi) is 9.87. The van der Waals surface area contributed by atoms with E-state index in [-0.39, 0.29) is 19.1 Å². The lowest BCUT2D eigenvalue weighted by Gasteiger charge is -2.28. The van der Waals surface area contributed by atoms with Crippen LogP contribution in [0.4, 0.5) is 0 Å². The highest BCUT2D eigenvalue weighted by Gasteiger charge is 2.18. The van der Waals surface area contributed by atoms with E-state index in [9.17, 15) is 9.90 Å². The van der Waals surface area contributed by atoms with Gasteiger partial charge in [0.2, 0.25) is 5.91 Å². The molecule has 1 aromatic heterocycles. The van der Waals surface area contributed by atoms with Crippen LogP contribution in [0.3, 0.4) is 0 Å². The van der Waals surface area contributed by atoms with Crippen molar-refractivity contribution in [3.63, 3.8) is 0 Å². The molecule has 8 nitrogen and oxygen atoms in total. The number of aliphatic hydroxyl groups excluding tert-OH is 1. The van der Waals surface area contributed by atoms with Crippen molar-refractivity contribution in [1.29, 1.82) is 0 Å². The van der Waals surface area contributed by atoms with Gasteiger partial charge in [-0.1, -0.05) is 42.5 Å². The van der Waals surface area contributed by atoms with Crippen LogP contribution in [0.25, 0.3) is 0 Å². The predicted molar refractivity (Wildman–Crippen MR) is 138 cm³/mol. The Balaban J connectivity index is 1.55. The van der Waals surface area contributed by atoms with E-state index in [1.54, 1.807) is 11.0 Å². The highest BCUT2D eigenvalue weighted by atomic mass is 16.5. The predicted octanol–water partition coefficient (Wildman–Crippen LogP) is 3.30. The van der Waals surface area contributed by atoms with E-state index in [1.807, 2.05) is 11.0 Å². The summed E-state index contributed by atoms with van der Waals surface area (Å²) in [6.45, 7) is 4.69. The number of nitrogens with zero attached hydrogens (tertiary/aromatic N) is 5. The number of carbonyl (C=O) groups excluding carboxylic acids is 1. The molecule has 0 aliphatic carbocycles. The second-order valence-electron chi connectivity index (χ2n) is 9.35. The van der Waals surface area contributed by atoms with E-state index in [0.29, 0.717) is 13.2 Å². The number of hydrogen-bond donors (Lipinski definition) is 1. The average molecular weight is 492 g/mol. The molecule has 0 radical (unpaired) electrons. The zero-order chi connectivity index (χ0) is 25.0. The maximum absolute atomic E-state index is 13.1. The molecule has 8 heteroatoms. The normalized spacial score (nSPS) is 15.8. The molecular formula is C28H37N5O3. The molecule has 0 saturated carbocycles. The summed E-state index contributed by atoms with van der Waals surface area (Å²) < 4.78 is 7.82. The summed E-state index contributed by atoms with van der Waals surface area (Å²) in [5.41, 5.74) is 3.60. The molecule has 36 heavy (non-hydrogen) atoms. The molecule has 0 fully saturated rings. The van der Waals surface area contributed by atoms with Crippen LogP contribution < -0.4 is 4.74 Å². The third kappa shape index (κ3) is 7.90. The van der Waals surface area contributed by atoms with Crippen LogP contribution in [0, 0.1) is 0 Å². The Morgan fingerprint density at radius 1 is 1.00 bits per heavy atom. The summed E-state index contributed by atoms with van der Waals surface area (Å²) in [5, 5.41) is 13.4. The Hall–Kier alpha value is -3.23. The molecule has 1 aliphatic heterocycles. The molecule has 2 heterocycles. The SMILES string of the molecule is O=C(Cn1cncn1)N1CCCCCOc2ccc(CCCO)cc2CN(Cc2ccccc2)CC1. The standard InChI is InChI=1S/C28H37N5O3/c34-16-7-10-24-11-12-27-26(18-24)20-31(19-25-8-3-1-4-9-25)14-15-32(13-5-2-6-17-36-27)28(35)21-33-23-29-22-30-33/h1,3-4,8-9,11-12,18,22-23,34H,2,5-7,10,13-17,19-21H2. The molecule has 0 atom stereocenters. The molecule has 0 saturated heterocycles. The first-order valence-corrected chi connectivity index (χ1v) is 12.9. The van der Waals surface area contributed by atoms with E-state index < -0.39 is 0 Å². The topological polar surface area (TPSA) is 83.7 Å². The monoisotopic (exact) mass is 491 g/mol. The van der Waals surface area contributed by atoms with Crippen LogP contribution in [-0.4, -0.2) is 68.4 Å². The quantitative estimate of drug-likeness (QED) is 0.546. The molecule has 0 unspecified atom stereocenters. The Morgan fingerprint density at radius 3 is 2.69 bits per heavy atom. The third-order valence-electron chi connectivity index (χ3n) is 6.52. The Morgan fingerprint density at radius 2 is 1.89 bits per heavy atom. The second kappa shape index (κ2) is 13.8. The molecule has 1 N–H and O–H groups in total. The van der Waals surface area contributed by atoms with Crippen molar-refractivity contribution in [3.8, 4) is 5.75 Å². The number of rotatable bonds is 7. The van der Waals surface area contributed by atoms with Crippen molar-refractivity contribution in [2.45, 2.75) is 51.7 Å². The van der Waals surface area contributed by atoms with Gasteiger partial charge in [-0.05, 0) is 49.3 Å². The van der Waals surface area contributed by atoms with Crippen LogP contribution in [0.2, 0.25) is 0 Å². The number of aliphatic hydroxyl groups is 1. The fraction of sp³-hybridized carbons (Fsp3) is 0.464. The van der Waals surface area contributed by atoms with Gasteiger partial charge < -0.3 is 14.7 Å². The largest absolute Gasteiger partial charge is 0.493 e. The Labute approximate surface area is 213 Å². The van der Waals surface area contributed by atoms with Crippen LogP contribution in [0.1, 0.15) is 42.4 Å². The number of aromatic nitrogens is 3. The zero-order valence-corrected chi connectivity index (χ0v) is 21.0. The lowest BCUT2D eigenvalue weighted by atomic mass is 10.0. The lowest BCUT2D eigenvalue weighted by molar-refractivity contribution is -0.132. The fourth-order valence-corrected chi connectivity index (χ4v) is 4.57. The van der Waals surface area contributed by atoms with Gasteiger partial charge in [0.25, 0.3) is 0 Å². The van der Waals surface area contributed by atoms with Gasteiger partial charge in [0.05, 0.1) is 6.61 Å². The van der Waals surface area contributed by atoms with Crippen molar-refractivity contribution in [3.05, 3.63) is 77.9 Å². The van der Waals surface area contributed by atoms with Gasteiger partial charge >= 0.3 is 0 Å². The van der Waals surface area contributed by atoms with Crippen LogP contribution >= 0.6 is 0 Å². The number of carbonyl (C=O) groups is 1. The van der Waals surface area contributed by atoms with Crippen molar-refractivity contribution < 1.29 is 14.6 Å². The first-order valence-electron chi connectivity index (χ1n) is 12.9. The molecule has 3 aromatic rings. The van der Waals surface area contributed by atoms with Crippen molar-refractivity contribution in [1.82, 2.24) is 24.6 Å². The van der Waals surface area contributed by atoms with Crippen LogP contribution in [-0.2, 0) is 30.8 Å². The van der Waals surface area contributed by atoms with E-state index in [2.05, 4.69) is 57.4 Å². The molecule has 1 aliphatic rings. The molecule has 1 amide bonds. The first kappa shape index (κ1) is 25.9. The van der Waals surface area contributed by atoms with Gasteiger partial charge in [0.15, 0.2) is 0 Å². The summed E-state index contributed by atoms with van der Waals surface area (Å²) in [6.07, 6.45) is 7.53. The highest BCUT2D eigenvalue weighted by Crippen LogP contribution is 2.24. The summed E-state index contributed by atoms with van der Waals surface area (Å²) >= 11 is 0. The van der Waals surface area contributed by atoms with E-state index in [0.717, 1.165) is 69.6 Å². The first-order chi connectivity index (χ1) is 17.7. The molecule has 4 rings (SSSR count). The van der Waals surface area contributed by atoms with E-state index >= 15 is 0 Å². The maximum atomic E-state index is 13.1. The number of benzene rings is 2. The van der Waals surface area contributed by atoms with Crippen LogP contribution in [0.5, 0.6) is 5.75 Å². The van der Waals surface area contributed by atoms with E-state index in [4.69, 9.17) is 4.74 Å². The number of ether oxygens (including phenoxy) is 1. The lowest BCUT2D eigenvalue weighted by Crippen LogP contribution is -2.40. The second-order valence-corrected chi connectivity index (χ2v) is 9.35. The van der Waals surface area contributed by atoms with E-state index in [1.165, 1.54) is 17.5 Å². The molecule has 0 spiro atoms. The minimum atomic E-state index is 0.0676. The molecule has 0 bridgehead atoms. The average Bonchev–Trinajstić information content (AvgIpc) is 3.40. The number of hydrogen-bond acceptors (Lipinski definition) is 6. The fourth-order valence-electron chi connectivity index (χ4n) is 4.57. The summed E-state index contributed by atoms with van der Waals surface area (Å²) in [7, 11) is 0. The van der Waals surface area contributed by atoms with Crippen molar-refractivity contribution in [2.75, 3.05) is 32.8 Å². The maximum Gasteiger partial charge on any atom is 0.244 e. The van der Waals surface area contributed by atoms with Crippen LogP contribution in [0.15, 0.2) is 61.2 Å². The minimum Gasteiger partial charge on any atom is -0.493 e. The van der Waals surface area contributed by atoms with Gasteiger partial charge in [0, 0.05) is 44.9 Å². The molecule has 192 valence electrons. The zero-order valence-electron chi connectivity index (χ0n) is 21.0. The van der Waals surface area contributed by atoms with Gasteiger partial charge in [0.1, 0.15) is 24.9 Å². The van der Waals surface area contributed by atoms with Gasteiger partial charge in [-0.3, -0.25) is 9.69 Å². The van der Waals surface area contributed by atoms with Gasteiger partial charge in [-0.25, -0.2) is 9.67 Å². The molecule has 2 aromatic carbocycles. The third-order valence-corrected chi connectivity index (χ3v) is 6.52. The number of aryl methyl sites for hydroxylation is 1. The highest BCUT2D eigenvalue weighted by molar-refractivity contribution is 5.75. The van der Waals surface area contributed by atoms with Gasteiger partial charge in [-0.15, -0.1) is 0 Å².